The zero-order valence-corrected chi connectivity index (χ0v) is 12.4. The number of rotatable bonds is 0. The molecule has 4 aliphatic rings. The minimum Gasteiger partial charge on any atom is -0.464 e. The fraction of sp³-hybridized carbons (Fsp3) is 0.867. The Hall–Kier alpha value is -1.14. The second-order valence-corrected chi connectivity index (χ2v) is 7.74. The molecule has 0 unspecified atom stereocenters. The van der Waals surface area contributed by atoms with Crippen LogP contribution in [0.3, 0.4) is 0 Å². The van der Waals surface area contributed by atoms with Crippen molar-refractivity contribution in [1.29, 1.82) is 0 Å². The van der Waals surface area contributed by atoms with Crippen LogP contribution >= 0.6 is 0 Å². The van der Waals surface area contributed by atoms with Crippen LogP contribution in [-0.2, 0) is 19.1 Å². The maximum atomic E-state index is 12.3. The topological polar surface area (TPSA) is 93.1 Å². The van der Waals surface area contributed by atoms with E-state index >= 15 is 0 Å². The van der Waals surface area contributed by atoms with Gasteiger partial charge in [-0.15, -0.1) is 0 Å². The van der Waals surface area contributed by atoms with Gasteiger partial charge in [0.05, 0.1) is 29.0 Å². The molecular weight excluding hydrogens is 276 g/mol. The van der Waals surface area contributed by atoms with Gasteiger partial charge in [-0.1, -0.05) is 6.92 Å². The van der Waals surface area contributed by atoms with Crippen LogP contribution < -0.4 is 0 Å². The number of carbonyl (C=O) groups excluding carboxylic acids is 2. The number of fused-ring (bicyclic) bond motifs is 1. The number of esters is 2. The molecule has 0 bridgehead atoms. The number of aliphatic hydroxyl groups excluding tert-OH is 1. The zero-order chi connectivity index (χ0) is 15.5. The lowest BCUT2D eigenvalue weighted by atomic mass is 9.62. The molecule has 2 N–H and O–H groups in total. The summed E-state index contributed by atoms with van der Waals surface area (Å²) in [5, 5.41) is 22.0. The Labute approximate surface area is 122 Å². The van der Waals surface area contributed by atoms with Crippen molar-refractivity contribution in [3.63, 3.8) is 0 Å². The first-order valence-corrected chi connectivity index (χ1v) is 7.39. The lowest BCUT2D eigenvalue weighted by Gasteiger charge is -2.44. The van der Waals surface area contributed by atoms with Crippen molar-refractivity contribution < 1.29 is 29.3 Å². The normalized spacial score (nSPS) is 61.3. The average molecular weight is 296 g/mol. The van der Waals surface area contributed by atoms with Crippen LogP contribution in [0.4, 0.5) is 0 Å². The molecule has 6 atom stereocenters. The molecule has 116 valence electrons. The molecule has 2 aliphatic heterocycles. The fourth-order valence-corrected chi connectivity index (χ4v) is 5.90. The monoisotopic (exact) mass is 296 g/mol. The predicted molar refractivity (Wildman–Crippen MR) is 68.9 cm³/mol. The third-order valence-electron chi connectivity index (χ3n) is 7.32. The van der Waals surface area contributed by atoms with Gasteiger partial charge in [0.2, 0.25) is 0 Å². The van der Waals surface area contributed by atoms with Crippen LogP contribution in [-0.4, -0.2) is 46.1 Å². The molecule has 2 aliphatic carbocycles. The van der Waals surface area contributed by atoms with E-state index in [1.807, 2.05) is 6.92 Å². The summed E-state index contributed by atoms with van der Waals surface area (Å²) in [6.07, 6.45) is -0.364. The van der Waals surface area contributed by atoms with E-state index in [0.29, 0.717) is 12.8 Å². The van der Waals surface area contributed by atoms with E-state index in [1.54, 1.807) is 13.8 Å². The summed E-state index contributed by atoms with van der Waals surface area (Å²) in [6, 6.07) is 0. The Morgan fingerprint density at radius 3 is 2.52 bits per heavy atom. The smallest absolute Gasteiger partial charge is 0.315 e. The van der Waals surface area contributed by atoms with Crippen molar-refractivity contribution in [3.8, 4) is 0 Å². The molecular formula is C15H20O6. The Morgan fingerprint density at radius 1 is 1.19 bits per heavy atom. The Balaban J connectivity index is 2.06. The summed E-state index contributed by atoms with van der Waals surface area (Å²) in [7, 11) is 0. The van der Waals surface area contributed by atoms with E-state index in [1.165, 1.54) is 0 Å². The highest BCUT2D eigenvalue weighted by atomic mass is 16.6. The van der Waals surface area contributed by atoms with Crippen molar-refractivity contribution >= 4 is 11.9 Å². The van der Waals surface area contributed by atoms with Gasteiger partial charge >= 0.3 is 11.9 Å². The van der Waals surface area contributed by atoms with Crippen LogP contribution in [0.5, 0.6) is 0 Å². The van der Waals surface area contributed by atoms with Gasteiger partial charge in [0.25, 0.3) is 0 Å². The van der Waals surface area contributed by atoms with Crippen molar-refractivity contribution in [3.05, 3.63) is 0 Å². The van der Waals surface area contributed by atoms with Gasteiger partial charge in [-0.05, 0) is 26.7 Å². The number of carbonyl (C=O) groups is 2. The molecule has 0 aromatic rings. The predicted octanol–water partition coefficient (Wildman–Crippen LogP) is 0.147. The first-order valence-electron chi connectivity index (χ1n) is 7.39. The van der Waals surface area contributed by atoms with Gasteiger partial charge in [0.15, 0.2) is 0 Å². The molecule has 4 fully saturated rings. The zero-order valence-electron chi connectivity index (χ0n) is 12.4. The molecule has 21 heavy (non-hydrogen) atoms. The van der Waals surface area contributed by atoms with E-state index in [-0.39, 0.29) is 13.0 Å². The molecule has 0 radical (unpaired) electrons. The summed E-state index contributed by atoms with van der Waals surface area (Å²) < 4.78 is 11.0. The molecule has 2 saturated heterocycles. The molecule has 6 nitrogen and oxygen atoms in total. The number of aliphatic hydroxyl groups is 2. The SMILES string of the molecule is C[C@@]12COC(=O)[C@]1(C)[C@H](O)[C@@]13CC(=O)O[C@@]21CC[C@]3(C)O. The van der Waals surface area contributed by atoms with Gasteiger partial charge in [-0.2, -0.15) is 0 Å². The van der Waals surface area contributed by atoms with E-state index in [4.69, 9.17) is 9.47 Å². The molecule has 2 heterocycles. The van der Waals surface area contributed by atoms with Crippen molar-refractivity contribution in [2.45, 2.75) is 57.3 Å². The van der Waals surface area contributed by atoms with Gasteiger partial charge in [-0.3, -0.25) is 9.59 Å². The van der Waals surface area contributed by atoms with Gasteiger partial charge < -0.3 is 19.7 Å². The summed E-state index contributed by atoms with van der Waals surface area (Å²) in [4.78, 5) is 24.4. The van der Waals surface area contributed by atoms with E-state index in [9.17, 15) is 19.8 Å². The fourth-order valence-electron chi connectivity index (χ4n) is 5.90. The van der Waals surface area contributed by atoms with Crippen molar-refractivity contribution in [1.82, 2.24) is 0 Å². The summed E-state index contributed by atoms with van der Waals surface area (Å²) >= 11 is 0. The highest BCUT2D eigenvalue weighted by molar-refractivity contribution is 5.85. The highest BCUT2D eigenvalue weighted by Crippen LogP contribution is 2.80. The standard InChI is InChI=1S/C15H20O6/c1-11-7-20-10(18)13(11,3)9(17)14-6-8(16)21-15(11,14)5-4-12(14,2)19/h9,17,19H,4-7H2,1-3H3/t9-,11+,12-,13-,14+,15-/m0/s1. The van der Waals surface area contributed by atoms with Gasteiger partial charge in [0.1, 0.15) is 17.6 Å². The second-order valence-electron chi connectivity index (χ2n) is 7.74. The van der Waals surface area contributed by atoms with Crippen LogP contribution in [0.1, 0.15) is 40.0 Å². The third-order valence-corrected chi connectivity index (χ3v) is 7.32. The van der Waals surface area contributed by atoms with E-state index < -0.39 is 45.5 Å². The van der Waals surface area contributed by atoms with Crippen LogP contribution in [0, 0.1) is 16.2 Å². The third kappa shape index (κ3) is 0.932. The molecule has 2 saturated carbocycles. The first kappa shape index (κ1) is 13.5. The van der Waals surface area contributed by atoms with Gasteiger partial charge in [0, 0.05) is 0 Å². The molecule has 6 heteroatoms. The Morgan fingerprint density at radius 2 is 1.86 bits per heavy atom. The maximum Gasteiger partial charge on any atom is 0.315 e. The van der Waals surface area contributed by atoms with Crippen LogP contribution in [0.25, 0.3) is 0 Å². The Kier molecular flexibility index (Phi) is 2.01. The molecule has 0 amide bonds. The van der Waals surface area contributed by atoms with Crippen molar-refractivity contribution in [2.24, 2.45) is 16.2 Å². The largest absolute Gasteiger partial charge is 0.464 e. The minimum absolute atomic E-state index is 0.0559. The second kappa shape index (κ2) is 3.13. The number of ether oxygens (including phenoxy) is 2. The maximum absolute atomic E-state index is 12.3. The highest BCUT2D eigenvalue weighted by Gasteiger charge is 2.92. The van der Waals surface area contributed by atoms with E-state index in [2.05, 4.69) is 0 Å². The summed E-state index contributed by atoms with van der Waals surface area (Å²) in [5.74, 6) is -0.893. The quantitative estimate of drug-likeness (QED) is 0.618. The average Bonchev–Trinajstić information content (AvgIpc) is 2.96. The summed E-state index contributed by atoms with van der Waals surface area (Å²) in [5.41, 5.74) is -5.43. The number of cyclic esters (lactones) is 1. The number of hydrogen-bond acceptors (Lipinski definition) is 6. The summed E-state index contributed by atoms with van der Waals surface area (Å²) in [6.45, 7) is 5.25. The Bertz CT molecular complexity index is 585. The number of hydrogen-bond donors (Lipinski definition) is 2. The van der Waals surface area contributed by atoms with Gasteiger partial charge in [-0.25, -0.2) is 0 Å². The molecule has 4 rings (SSSR count). The van der Waals surface area contributed by atoms with Crippen molar-refractivity contribution in [2.75, 3.05) is 6.61 Å². The minimum atomic E-state index is -1.25. The lowest BCUT2D eigenvalue weighted by molar-refractivity contribution is -0.175. The molecule has 0 aromatic carbocycles. The molecule has 0 spiro atoms. The van der Waals surface area contributed by atoms with E-state index in [0.717, 1.165) is 0 Å². The molecule has 0 aromatic heterocycles. The van der Waals surface area contributed by atoms with Crippen LogP contribution in [0.15, 0.2) is 0 Å². The lowest BCUT2D eigenvalue weighted by Crippen LogP contribution is -2.57. The van der Waals surface area contributed by atoms with Crippen LogP contribution in [0.2, 0.25) is 0 Å². The first-order chi connectivity index (χ1) is 9.59.